The van der Waals surface area contributed by atoms with Crippen LogP contribution in [0.15, 0.2) is 132 Å². The number of anilines is 2. The van der Waals surface area contributed by atoms with Gasteiger partial charge in [0.1, 0.15) is 18.7 Å². The van der Waals surface area contributed by atoms with Gasteiger partial charge in [0, 0.05) is 66.1 Å². The molecule has 16 heteroatoms. The zero-order valence-corrected chi connectivity index (χ0v) is 41.2. The number of nitrogen functional groups attached to an aromatic ring is 1. The van der Waals surface area contributed by atoms with Gasteiger partial charge in [-0.25, -0.2) is 4.98 Å². The molecule has 4 aromatic carbocycles. The summed E-state index contributed by atoms with van der Waals surface area (Å²) in [6.45, 7) is 15.3. The van der Waals surface area contributed by atoms with E-state index in [-0.39, 0.29) is 47.6 Å². The second-order valence-corrected chi connectivity index (χ2v) is 19.8. The standard InChI is InChI=1S/C54H59N9O6S/c1-7-62-43-26-16-35(3)29-41(43)53(4,5)45(62)13-10-9-11-14-46-54(6,42-30-40(70(66,67)68)25-27-44(42)63(46)8-2)28-12-15-47(64)56-31-37-21-23-39(24-22-37)50(65)57-32-36-17-19-38(20-18-36)33-69-51-48-49(59-34-58-48)60-52(55)61-51/h9-11,13-14,16-27,29-30,34H,7-8,12,15,28,31-33H2,1-6H3,(H5-,55,56,57,58,59,60,61,64,65,66,67,68)/p+1. The minimum absolute atomic E-state index is 0.0731. The first-order valence-corrected chi connectivity index (χ1v) is 25.0. The van der Waals surface area contributed by atoms with Crippen LogP contribution in [0.1, 0.15) is 97.6 Å². The van der Waals surface area contributed by atoms with Gasteiger partial charge in [0.2, 0.25) is 23.4 Å². The number of hydrogen-bond donors (Lipinski definition) is 5. The number of amides is 2. The lowest BCUT2D eigenvalue weighted by Crippen LogP contribution is -2.29. The minimum atomic E-state index is -4.46. The first-order valence-electron chi connectivity index (χ1n) is 23.5. The highest BCUT2D eigenvalue weighted by atomic mass is 32.2. The van der Waals surface area contributed by atoms with Crippen LogP contribution in [0, 0.1) is 6.92 Å². The molecule has 362 valence electrons. The molecule has 2 aromatic heterocycles. The van der Waals surface area contributed by atoms with E-state index in [2.05, 4.69) is 111 Å². The van der Waals surface area contributed by atoms with Crippen LogP contribution in [0.3, 0.4) is 0 Å². The lowest BCUT2D eigenvalue weighted by molar-refractivity contribution is -0.433. The Balaban J connectivity index is 0.859. The third-order valence-electron chi connectivity index (χ3n) is 13.3. The number of nitrogens with two attached hydrogens (primary N) is 1. The predicted molar refractivity (Wildman–Crippen MR) is 273 cm³/mol. The molecule has 0 radical (unpaired) electrons. The number of carbonyl (C=O) groups excluding carboxylic acids is 2. The third kappa shape index (κ3) is 10.3. The molecule has 0 aliphatic carbocycles. The average molecular weight is 963 g/mol. The number of aromatic amines is 1. The van der Waals surface area contributed by atoms with E-state index in [1.165, 1.54) is 34.9 Å². The van der Waals surface area contributed by atoms with Crippen molar-refractivity contribution in [3.8, 4) is 5.88 Å². The summed E-state index contributed by atoms with van der Waals surface area (Å²) in [5.41, 5.74) is 16.7. The van der Waals surface area contributed by atoms with Gasteiger partial charge in [-0.05, 0) is 119 Å². The maximum Gasteiger partial charge on any atom is 0.294 e. The Morgan fingerprint density at radius 2 is 1.60 bits per heavy atom. The van der Waals surface area contributed by atoms with Gasteiger partial charge < -0.3 is 31.0 Å². The quantitative estimate of drug-likeness (QED) is 0.0313. The van der Waals surface area contributed by atoms with Crippen LogP contribution in [-0.2, 0) is 45.4 Å². The molecule has 2 amide bonds. The number of rotatable bonds is 18. The fourth-order valence-electron chi connectivity index (χ4n) is 9.57. The lowest BCUT2D eigenvalue weighted by atomic mass is 9.77. The van der Waals surface area contributed by atoms with E-state index in [1.807, 2.05) is 55.5 Å². The monoisotopic (exact) mass is 962 g/mol. The van der Waals surface area contributed by atoms with Gasteiger partial charge >= 0.3 is 0 Å². The Hall–Kier alpha value is -7.43. The Bertz CT molecular complexity index is 3190. The molecule has 0 bridgehead atoms. The van der Waals surface area contributed by atoms with Crippen LogP contribution in [0.2, 0.25) is 0 Å². The molecule has 15 nitrogen and oxygen atoms in total. The minimum Gasteiger partial charge on any atom is -0.471 e. The molecule has 8 rings (SSSR count). The summed E-state index contributed by atoms with van der Waals surface area (Å²) in [7, 11) is -4.46. The van der Waals surface area contributed by atoms with Crippen molar-refractivity contribution in [2.24, 2.45) is 0 Å². The Morgan fingerprint density at radius 3 is 2.31 bits per heavy atom. The van der Waals surface area contributed by atoms with Crippen molar-refractivity contribution in [2.75, 3.05) is 23.7 Å². The van der Waals surface area contributed by atoms with E-state index in [0.29, 0.717) is 48.5 Å². The molecule has 2 aliphatic rings. The molecule has 4 heterocycles. The van der Waals surface area contributed by atoms with E-state index in [0.717, 1.165) is 40.2 Å². The largest absolute Gasteiger partial charge is 0.471 e. The second-order valence-electron chi connectivity index (χ2n) is 18.4. The molecule has 0 spiro atoms. The molecule has 70 heavy (non-hydrogen) atoms. The SMILES string of the molecule is CCN1/C(=C/C=C/C=C/C2=[N+](CC)c3ccc(C)cc3C2(C)C)C(C)(CCCC(=O)NCc2ccc(C(=O)NCc3ccc(COc4nc(N)nc5nc[nH]c45)cc3)cc2)c2cc(S(=O)(=O)O)ccc21. The number of ether oxygens (including phenoxy) is 1. The van der Waals surface area contributed by atoms with E-state index >= 15 is 0 Å². The first kappa shape index (κ1) is 49.0. The highest BCUT2D eigenvalue weighted by Crippen LogP contribution is 2.51. The zero-order valence-electron chi connectivity index (χ0n) is 40.4. The topological polar surface area (TPSA) is 209 Å². The number of carbonyl (C=O) groups is 2. The summed E-state index contributed by atoms with van der Waals surface area (Å²) < 4.78 is 42.9. The number of allylic oxidation sites excluding steroid dienone is 6. The highest BCUT2D eigenvalue weighted by Gasteiger charge is 2.44. The van der Waals surface area contributed by atoms with Crippen molar-refractivity contribution in [3.63, 3.8) is 0 Å². The Labute approximate surface area is 409 Å². The molecular weight excluding hydrogens is 903 g/mol. The van der Waals surface area contributed by atoms with Gasteiger partial charge in [-0.15, -0.1) is 0 Å². The Kier molecular flexibility index (Phi) is 14.2. The zero-order chi connectivity index (χ0) is 49.8. The van der Waals surface area contributed by atoms with E-state index < -0.39 is 15.5 Å². The summed E-state index contributed by atoms with van der Waals surface area (Å²) in [5, 5.41) is 5.97. The number of nitrogens with one attached hydrogen (secondary N) is 3. The molecule has 6 N–H and O–H groups in total. The fourth-order valence-corrected chi connectivity index (χ4v) is 10.1. The number of aromatic nitrogens is 4. The van der Waals surface area contributed by atoms with Gasteiger partial charge in [0.25, 0.3) is 16.0 Å². The van der Waals surface area contributed by atoms with E-state index in [9.17, 15) is 22.6 Å². The van der Waals surface area contributed by atoms with Crippen LogP contribution in [-0.4, -0.2) is 68.1 Å². The predicted octanol–water partition coefficient (Wildman–Crippen LogP) is 8.68. The van der Waals surface area contributed by atoms with Crippen molar-refractivity contribution < 1.29 is 31.9 Å². The molecule has 1 atom stereocenters. The van der Waals surface area contributed by atoms with Gasteiger partial charge in [-0.1, -0.05) is 66.3 Å². The van der Waals surface area contributed by atoms with E-state index in [4.69, 9.17) is 10.5 Å². The fraction of sp³-hybridized carbons (Fsp3) is 0.296. The summed E-state index contributed by atoms with van der Waals surface area (Å²) in [6.07, 6.45) is 13.1. The number of aryl methyl sites for hydroxylation is 1. The molecule has 0 saturated carbocycles. The summed E-state index contributed by atoms with van der Waals surface area (Å²) in [6, 6.07) is 26.2. The number of nitrogens with zero attached hydrogens (tertiary/aromatic N) is 5. The summed E-state index contributed by atoms with van der Waals surface area (Å²) in [5.74, 6) is 0.0356. The smallest absolute Gasteiger partial charge is 0.294 e. The number of likely N-dealkylation sites (N-methyl/N-ethyl adjacent to an activating group) is 1. The molecule has 1 unspecified atom stereocenters. The van der Waals surface area contributed by atoms with Gasteiger partial charge in [0.15, 0.2) is 11.4 Å². The van der Waals surface area contributed by atoms with Gasteiger partial charge in [0.05, 0.1) is 16.6 Å². The van der Waals surface area contributed by atoms with Crippen molar-refractivity contribution in [1.29, 1.82) is 0 Å². The molecule has 0 saturated heterocycles. The van der Waals surface area contributed by atoms with Crippen LogP contribution in [0.5, 0.6) is 5.88 Å². The van der Waals surface area contributed by atoms with Crippen LogP contribution >= 0.6 is 0 Å². The molecule has 0 fully saturated rings. The Morgan fingerprint density at radius 1 is 0.886 bits per heavy atom. The van der Waals surface area contributed by atoms with Crippen LogP contribution in [0.25, 0.3) is 11.2 Å². The number of H-pyrrole nitrogens is 1. The normalized spacial score (nSPS) is 17.0. The lowest BCUT2D eigenvalue weighted by Gasteiger charge is -2.30. The second kappa shape index (κ2) is 20.3. The van der Waals surface area contributed by atoms with Crippen LogP contribution < -0.4 is 26.0 Å². The maximum absolute atomic E-state index is 13.3. The maximum atomic E-state index is 13.3. The van der Waals surface area contributed by atoms with Gasteiger partial charge in [-0.2, -0.15) is 23.0 Å². The van der Waals surface area contributed by atoms with Crippen molar-refractivity contribution in [1.82, 2.24) is 30.6 Å². The van der Waals surface area contributed by atoms with E-state index in [1.54, 1.807) is 24.3 Å². The van der Waals surface area contributed by atoms with Crippen molar-refractivity contribution >= 4 is 56.1 Å². The first-order chi connectivity index (χ1) is 33.5. The molecule has 2 aliphatic heterocycles. The number of fused-ring (bicyclic) bond motifs is 3. The molecule has 6 aromatic rings. The van der Waals surface area contributed by atoms with Crippen molar-refractivity contribution in [2.45, 2.75) is 96.2 Å². The summed E-state index contributed by atoms with van der Waals surface area (Å²) in [4.78, 5) is 43.6. The highest BCUT2D eigenvalue weighted by molar-refractivity contribution is 7.85. The number of benzene rings is 4. The molecular formula is C54H60N9O6S+. The average Bonchev–Trinajstić information content (AvgIpc) is 3.97. The third-order valence-corrected chi connectivity index (χ3v) is 14.2. The van der Waals surface area contributed by atoms with Crippen molar-refractivity contribution in [3.05, 3.63) is 166 Å². The number of hydrogen-bond acceptors (Lipinski definition) is 10. The van der Waals surface area contributed by atoms with Gasteiger partial charge in [-0.3, -0.25) is 14.1 Å². The number of imidazole rings is 1. The summed E-state index contributed by atoms with van der Waals surface area (Å²) >= 11 is 0. The van der Waals surface area contributed by atoms with Crippen LogP contribution in [0.4, 0.5) is 17.3 Å².